The van der Waals surface area contributed by atoms with Crippen molar-refractivity contribution in [3.63, 3.8) is 0 Å². The average molecular weight is 262 g/mol. The van der Waals surface area contributed by atoms with E-state index in [0.717, 1.165) is 7.11 Å². The minimum absolute atomic E-state index is 0.00512. The number of carbonyl (C=O) groups is 3. The number of aliphatic hydroxyl groups is 1. The van der Waals surface area contributed by atoms with E-state index in [0.29, 0.717) is 5.56 Å². The fourth-order valence-corrected chi connectivity index (χ4v) is 2.41. The summed E-state index contributed by atoms with van der Waals surface area (Å²) in [5, 5.41) is 10.3. The molecule has 0 heterocycles. The molecule has 19 heavy (non-hydrogen) atoms. The van der Waals surface area contributed by atoms with Gasteiger partial charge >= 0.3 is 5.97 Å². The summed E-state index contributed by atoms with van der Waals surface area (Å²) in [5.74, 6) is -3.22. The van der Waals surface area contributed by atoms with E-state index in [1.54, 1.807) is 30.3 Å². The van der Waals surface area contributed by atoms with Crippen molar-refractivity contribution in [2.75, 3.05) is 7.11 Å². The van der Waals surface area contributed by atoms with Crippen LogP contribution in [0, 0.1) is 5.92 Å². The molecule has 5 heteroatoms. The van der Waals surface area contributed by atoms with Gasteiger partial charge < -0.3 is 9.84 Å². The second kappa shape index (κ2) is 4.93. The molecular formula is C14H14O5. The third-order valence-electron chi connectivity index (χ3n) is 3.46. The zero-order valence-electron chi connectivity index (χ0n) is 10.5. The van der Waals surface area contributed by atoms with E-state index < -0.39 is 29.1 Å². The monoisotopic (exact) mass is 262 g/mol. The van der Waals surface area contributed by atoms with E-state index in [2.05, 4.69) is 4.74 Å². The predicted octanol–water partition coefficient (Wildman–Crippen LogP) is 0.752. The van der Waals surface area contributed by atoms with Gasteiger partial charge in [-0.25, -0.2) is 4.79 Å². The molecule has 1 saturated carbocycles. The molecule has 100 valence electrons. The van der Waals surface area contributed by atoms with Crippen LogP contribution in [-0.2, 0) is 14.3 Å². The first-order valence-corrected chi connectivity index (χ1v) is 5.95. The van der Waals surface area contributed by atoms with E-state index in [-0.39, 0.29) is 12.8 Å². The number of methoxy groups -OCH3 is 1. The molecule has 2 atom stereocenters. The van der Waals surface area contributed by atoms with Gasteiger partial charge in [-0.05, 0) is 6.42 Å². The first-order valence-electron chi connectivity index (χ1n) is 5.95. The number of benzene rings is 1. The summed E-state index contributed by atoms with van der Waals surface area (Å²) in [6.07, 6.45) is 0.146. The largest absolute Gasteiger partial charge is 0.467 e. The summed E-state index contributed by atoms with van der Waals surface area (Å²) in [4.78, 5) is 35.7. The van der Waals surface area contributed by atoms with Gasteiger partial charge in [-0.1, -0.05) is 30.3 Å². The first-order chi connectivity index (χ1) is 9.01. The molecule has 0 saturated heterocycles. The van der Waals surface area contributed by atoms with Gasteiger partial charge in [-0.15, -0.1) is 0 Å². The molecule has 5 nitrogen and oxygen atoms in total. The normalized spacial score (nSPS) is 26.2. The molecule has 0 aliphatic heterocycles. The standard InChI is InChI=1S/C14H14O5/c1-19-13(17)14(18)10(7-8-11(14)15)12(16)9-5-3-2-4-6-9/h2-6,10,18H,7-8H2,1H3/t10-,14+/m1/s1. The molecule has 1 fully saturated rings. The highest BCUT2D eigenvalue weighted by Gasteiger charge is 2.58. The maximum Gasteiger partial charge on any atom is 0.346 e. The summed E-state index contributed by atoms with van der Waals surface area (Å²) >= 11 is 0. The van der Waals surface area contributed by atoms with Crippen molar-refractivity contribution in [2.24, 2.45) is 5.92 Å². The molecule has 1 aliphatic rings. The second-order valence-electron chi connectivity index (χ2n) is 4.50. The number of esters is 1. The lowest BCUT2D eigenvalue weighted by Gasteiger charge is -2.24. The maximum atomic E-state index is 12.3. The zero-order valence-corrected chi connectivity index (χ0v) is 10.5. The fraction of sp³-hybridized carbons (Fsp3) is 0.357. The number of hydrogen-bond acceptors (Lipinski definition) is 5. The van der Waals surface area contributed by atoms with Gasteiger partial charge in [0.05, 0.1) is 13.0 Å². The van der Waals surface area contributed by atoms with Crippen molar-refractivity contribution in [1.29, 1.82) is 0 Å². The molecule has 2 rings (SSSR count). The molecule has 1 aliphatic carbocycles. The van der Waals surface area contributed by atoms with Crippen molar-refractivity contribution in [1.82, 2.24) is 0 Å². The number of ether oxygens (including phenoxy) is 1. The summed E-state index contributed by atoms with van der Waals surface area (Å²) in [6.45, 7) is 0. The Bertz CT molecular complexity index is 522. The summed E-state index contributed by atoms with van der Waals surface area (Å²) in [6, 6.07) is 8.29. The molecule has 1 aromatic carbocycles. The van der Waals surface area contributed by atoms with Crippen LogP contribution in [0.5, 0.6) is 0 Å². The minimum atomic E-state index is -2.35. The number of ketones is 2. The van der Waals surface area contributed by atoms with Crippen LogP contribution >= 0.6 is 0 Å². The lowest BCUT2D eigenvalue weighted by Crippen LogP contribution is -2.51. The molecule has 1 N–H and O–H groups in total. The predicted molar refractivity (Wildman–Crippen MR) is 65.5 cm³/mol. The van der Waals surface area contributed by atoms with E-state index >= 15 is 0 Å². The fourth-order valence-electron chi connectivity index (χ4n) is 2.41. The van der Waals surface area contributed by atoms with Crippen molar-refractivity contribution >= 4 is 17.5 Å². The topological polar surface area (TPSA) is 80.7 Å². The zero-order chi connectivity index (χ0) is 14.0. The summed E-state index contributed by atoms with van der Waals surface area (Å²) in [7, 11) is 1.08. The molecule has 0 amide bonds. The molecule has 0 unspecified atom stereocenters. The highest BCUT2D eigenvalue weighted by Crippen LogP contribution is 2.36. The lowest BCUT2D eigenvalue weighted by atomic mass is 9.84. The molecule has 0 spiro atoms. The van der Waals surface area contributed by atoms with Crippen molar-refractivity contribution < 1.29 is 24.2 Å². The smallest absolute Gasteiger partial charge is 0.346 e. The van der Waals surface area contributed by atoms with Gasteiger partial charge in [0.15, 0.2) is 11.6 Å². The Hall–Kier alpha value is -2.01. The van der Waals surface area contributed by atoms with Crippen LogP contribution in [0.2, 0.25) is 0 Å². The van der Waals surface area contributed by atoms with Crippen LogP contribution in [0.25, 0.3) is 0 Å². The van der Waals surface area contributed by atoms with E-state index in [4.69, 9.17) is 0 Å². The van der Waals surface area contributed by atoms with Crippen LogP contribution in [0.1, 0.15) is 23.2 Å². The van der Waals surface area contributed by atoms with Crippen LogP contribution in [0.3, 0.4) is 0 Å². The van der Waals surface area contributed by atoms with E-state index in [9.17, 15) is 19.5 Å². The molecule has 0 bridgehead atoms. The quantitative estimate of drug-likeness (QED) is 0.494. The first kappa shape index (κ1) is 13.4. The van der Waals surface area contributed by atoms with Gasteiger partial charge in [0.2, 0.25) is 5.60 Å². The lowest BCUT2D eigenvalue weighted by molar-refractivity contribution is -0.168. The second-order valence-corrected chi connectivity index (χ2v) is 4.50. The van der Waals surface area contributed by atoms with Crippen LogP contribution in [0.4, 0.5) is 0 Å². The number of carbonyl (C=O) groups excluding carboxylic acids is 3. The van der Waals surface area contributed by atoms with Gasteiger partial charge in [0, 0.05) is 12.0 Å². The molecule has 0 radical (unpaired) electrons. The summed E-state index contributed by atoms with van der Waals surface area (Å²) in [5.41, 5.74) is -1.98. The number of rotatable bonds is 3. The van der Waals surface area contributed by atoms with Crippen molar-refractivity contribution in [3.05, 3.63) is 35.9 Å². The van der Waals surface area contributed by atoms with Gasteiger partial charge in [0.1, 0.15) is 0 Å². The highest BCUT2D eigenvalue weighted by molar-refractivity contribution is 6.15. The minimum Gasteiger partial charge on any atom is -0.467 e. The van der Waals surface area contributed by atoms with E-state index in [1.165, 1.54) is 0 Å². The average Bonchev–Trinajstić information content (AvgIpc) is 2.75. The molecule has 1 aromatic rings. The summed E-state index contributed by atoms with van der Waals surface area (Å²) < 4.78 is 4.46. The number of Topliss-reactive ketones (excluding diaryl/α,β-unsaturated/α-hetero) is 2. The van der Waals surface area contributed by atoms with Crippen LogP contribution in [0.15, 0.2) is 30.3 Å². The third kappa shape index (κ3) is 2.06. The van der Waals surface area contributed by atoms with Gasteiger partial charge in [-0.3, -0.25) is 9.59 Å². The van der Waals surface area contributed by atoms with Crippen molar-refractivity contribution in [2.45, 2.75) is 18.4 Å². The van der Waals surface area contributed by atoms with Gasteiger partial charge in [-0.2, -0.15) is 0 Å². The van der Waals surface area contributed by atoms with Crippen LogP contribution < -0.4 is 0 Å². The van der Waals surface area contributed by atoms with Crippen LogP contribution in [-0.4, -0.2) is 35.4 Å². The highest BCUT2D eigenvalue weighted by atomic mass is 16.5. The Morgan fingerprint density at radius 1 is 1.32 bits per heavy atom. The maximum absolute atomic E-state index is 12.3. The van der Waals surface area contributed by atoms with Gasteiger partial charge in [0.25, 0.3) is 0 Å². The Kier molecular flexibility index (Phi) is 3.48. The Labute approximate surface area is 110 Å². The SMILES string of the molecule is COC(=O)[C@@]1(O)C(=O)CC[C@@H]1C(=O)c1ccccc1. The van der Waals surface area contributed by atoms with Crippen molar-refractivity contribution in [3.8, 4) is 0 Å². The Morgan fingerprint density at radius 2 is 1.95 bits per heavy atom. The number of hydrogen-bond donors (Lipinski definition) is 1. The Morgan fingerprint density at radius 3 is 2.53 bits per heavy atom. The molecule has 0 aromatic heterocycles. The third-order valence-corrected chi connectivity index (χ3v) is 3.46. The van der Waals surface area contributed by atoms with E-state index in [1.807, 2.05) is 0 Å². The molecular weight excluding hydrogens is 248 g/mol. The Balaban J connectivity index is 2.37.